The maximum absolute atomic E-state index is 8.53. The lowest BCUT2D eigenvalue weighted by atomic mass is 9.85. The molecule has 0 aromatic carbocycles. The molecule has 0 aliphatic heterocycles. The Kier molecular flexibility index (Phi) is 7.13. The van der Waals surface area contributed by atoms with Gasteiger partial charge in [0, 0.05) is 12.5 Å². The van der Waals surface area contributed by atoms with E-state index in [0.29, 0.717) is 17.8 Å². The van der Waals surface area contributed by atoms with E-state index in [9.17, 15) is 0 Å². The van der Waals surface area contributed by atoms with Crippen LogP contribution in [0.4, 0.5) is 0 Å². The predicted octanol–water partition coefficient (Wildman–Crippen LogP) is 1.89. The highest BCUT2D eigenvalue weighted by Crippen LogP contribution is 2.19. The van der Waals surface area contributed by atoms with Crippen LogP contribution in [0.2, 0.25) is 0 Å². The van der Waals surface area contributed by atoms with Crippen molar-refractivity contribution in [3.05, 3.63) is 0 Å². The summed E-state index contributed by atoms with van der Waals surface area (Å²) in [6.45, 7) is 12.7. The Morgan fingerprint density at radius 3 is 2.00 bits per heavy atom. The van der Waals surface area contributed by atoms with Crippen LogP contribution in [-0.4, -0.2) is 24.1 Å². The van der Waals surface area contributed by atoms with Crippen molar-refractivity contribution in [3.8, 4) is 0 Å². The molecule has 0 heterocycles. The molecule has 0 bridgehead atoms. The topological polar surface area (TPSA) is 70.6 Å². The Hall–Kier alpha value is -0.770. The molecule has 0 aliphatic carbocycles. The third-order valence-electron chi connectivity index (χ3n) is 3.16. The molecule has 0 aromatic heterocycles. The summed E-state index contributed by atoms with van der Waals surface area (Å²) >= 11 is 0. The quantitative estimate of drug-likeness (QED) is 0.270. The van der Waals surface area contributed by atoms with E-state index < -0.39 is 0 Å². The van der Waals surface area contributed by atoms with Crippen molar-refractivity contribution in [2.45, 2.75) is 34.6 Å². The molecule has 0 spiro atoms. The third-order valence-corrected chi connectivity index (χ3v) is 3.16. The molecule has 0 fully saturated rings. The van der Waals surface area contributed by atoms with E-state index in [1.54, 1.807) is 0 Å². The molecule has 0 radical (unpaired) electrons. The minimum atomic E-state index is 0.0741. The lowest BCUT2D eigenvalue weighted by Gasteiger charge is -2.25. The Morgan fingerprint density at radius 2 is 1.62 bits per heavy atom. The van der Waals surface area contributed by atoms with Crippen molar-refractivity contribution in [2.24, 2.45) is 34.6 Å². The zero-order chi connectivity index (χ0) is 12.7. The number of nitrogens with one attached hydrogen (secondary N) is 1. The first-order chi connectivity index (χ1) is 7.40. The largest absolute Gasteiger partial charge is 0.409 e. The van der Waals surface area contributed by atoms with E-state index in [1.807, 2.05) is 6.92 Å². The van der Waals surface area contributed by atoms with Gasteiger partial charge in [-0.25, -0.2) is 0 Å². The van der Waals surface area contributed by atoms with Gasteiger partial charge in [-0.1, -0.05) is 39.8 Å². The number of rotatable bonds is 7. The van der Waals surface area contributed by atoms with Crippen LogP contribution >= 0.6 is 0 Å². The number of oxime groups is 1. The fraction of sp³-hybridized carbons (Fsp3) is 0.917. The molecule has 0 aromatic rings. The molecule has 1 unspecified atom stereocenters. The van der Waals surface area contributed by atoms with E-state index in [-0.39, 0.29) is 11.8 Å². The number of hydrogen-bond donors (Lipinski definition) is 3. The number of amidine groups is 1. The first kappa shape index (κ1) is 15.2. The zero-order valence-electron chi connectivity index (χ0n) is 11.2. The number of hydrogen-bond acceptors (Lipinski definition) is 3. The number of nitrogens with zero attached hydrogens (tertiary/aromatic N) is 1. The summed E-state index contributed by atoms with van der Waals surface area (Å²) in [5.41, 5.74) is 5.51. The van der Waals surface area contributed by atoms with Crippen molar-refractivity contribution in [1.82, 2.24) is 5.32 Å². The van der Waals surface area contributed by atoms with Crippen LogP contribution in [-0.2, 0) is 0 Å². The van der Waals surface area contributed by atoms with Gasteiger partial charge in [0.25, 0.3) is 0 Å². The van der Waals surface area contributed by atoms with Gasteiger partial charge in [-0.3, -0.25) is 0 Å². The van der Waals surface area contributed by atoms with Crippen LogP contribution < -0.4 is 11.1 Å². The lowest BCUT2D eigenvalue weighted by Crippen LogP contribution is -2.36. The summed E-state index contributed by atoms with van der Waals surface area (Å²) < 4.78 is 0. The Morgan fingerprint density at radius 1 is 1.12 bits per heavy atom. The zero-order valence-corrected chi connectivity index (χ0v) is 11.2. The van der Waals surface area contributed by atoms with Crippen LogP contribution in [0.15, 0.2) is 5.16 Å². The van der Waals surface area contributed by atoms with E-state index in [0.717, 1.165) is 13.1 Å². The molecule has 1 atom stereocenters. The normalized spacial score (nSPS) is 15.1. The molecule has 96 valence electrons. The average Bonchev–Trinajstić information content (AvgIpc) is 2.21. The second-order valence-corrected chi connectivity index (χ2v) is 5.24. The molecule has 4 heteroatoms. The summed E-state index contributed by atoms with van der Waals surface area (Å²) in [6.07, 6.45) is 0. The monoisotopic (exact) mass is 229 g/mol. The van der Waals surface area contributed by atoms with Crippen molar-refractivity contribution in [3.63, 3.8) is 0 Å². The highest BCUT2D eigenvalue weighted by Gasteiger charge is 2.17. The fourth-order valence-corrected chi connectivity index (χ4v) is 1.91. The van der Waals surface area contributed by atoms with Crippen LogP contribution in [0.1, 0.15) is 34.6 Å². The third kappa shape index (κ3) is 5.35. The van der Waals surface area contributed by atoms with Gasteiger partial charge >= 0.3 is 0 Å². The summed E-state index contributed by atoms with van der Waals surface area (Å²) in [5.74, 6) is 2.38. The maximum Gasteiger partial charge on any atom is 0.143 e. The van der Waals surface area contributed by atoms with Crippen LogP contribution in [0.25, 0.3) is 0 Å². The highest BCUT2D eigenvalue weighted by molar-refractivity contribution is 5.82. The van der Waals surface area contributed by atoms with Crippen molar-refractivity contribution >= 4 is 5.84 Å². The van der Waals surface area contributed by atoms with Crippen molar-refractivity contribution < 1.29 is 5.21 Å². The van der Waals surface area contributed by atoms with Gasteiger partial charge in [0.05, 0.1) is 0 Å². The van der Waals surface area contributed by atoms with Gasteiger partial charge in [0.1, 0.15) is 5.84 Å². The average molecular weight is 229 g/mol. The van der Waals surface area contributed by atoms with Crippen LogP contribution in [0.3, 0.4) is 0 Å². The van der Waals surface area contributed by atoms with E-state index >= 15 is 0 Å². The summed E-state index contributed by atoms with van der Waals surface area (Å²) in [7, 11) is 0. The first-order valence-corrected chi connectivity index (χ1v) is 6.08. The molecule has 0 saturated heterocycles. The summed E-state index contributed by atoms with van der Waals surface area (Å²) in [6, 6.07) is 0. The van der Waals surface area contributed by atoms with Crippen LogP contribution in [0.5, 0.6) is 0 Å². The number of nitrogens with two attached hydrogens (primary N) is 1. The smallest absolute Gasteiger partial charge is 0.143 e. The maximum atomic E-state index is 8.53. The van der Waals surface area contributed by atoms with Gasteiger partial charge in [-0.2, -0.15) is 0 Å². The first-order valence-electron chi connectivity index (χ1n) is 6.08. The minimum absolute atomic E-state index is 0.0741. The second kappa shape index (κ2) is 7.49. The Bertz CT molecular complexity index is 206. The molecule has 0 rings (SSSR count). The minimum Gasteiger partial charge on any atom is -0.409 e. The predicted molar refractivity (Wildman–Crippen MR) is 68.6 cm³/mol. The molecule has 4 N–H and O–H groups in total. The van der Waals surface area contributed by atoms with Gasteiger partial charge in [-0.05, 0) is 24.3 Å². The fourth-order valence-electron chi connectivity index (χ4n) is 1.91. The van der Waals surface area contributed by atoms with Gasteiger partial charge < -0.3 is 16.3 Å². The second-order valence-electron chi connectivity index (χ2n) is 5.24. The standard InChI is InChI=1S/C12H27N3O/c1-8(2)11(9(3)4)7-14-6-10(5)12(13)15-16/h8-11,14,16H,6-7H2,1-5H3,(H2,13,15). The van der Waals surface area contributed by atoms with Crippen molar-refractivity contribution in [2.75, 3.05) is 13.1 Å². The van der Waals surface area contributed by atoms with E-state index in [4.69, 9.17) is 10.9 Å². The molecule has 0 saturated carbocycles. The summed E-state index contributed by atoms with van der Waals surface area (Å²) in [4.78, 5) is 0. The lowest BCUT2D eigenvalue weighted by molar-refractivity contribution is 0.273. The van der Waals surface area contributed by atoms with Crippen LogP contribution in [0, 0.1) is 23.7 Å². The molecule has 16 heavy (non-hydrogen) atoms. The van der Waals surface area contributed by atoms with Gasteiger partial charge in [-0.15, -0.1) is 0 Å². The SMILES string of the molecule is CC(CNCC(C(C)C)C(C)C)C(N)=NO. The molecule has 4 nitrogen and oxygen atoms in total. The Balaban J connectivity index is 3.96. The van der Waals surface area contributed by atoms with Gasteiger partial charge in [0.2, 0.25) is 0 Å². The molecular weight excluding hydrogens is 202 g/mol. The van der Waals surface area contributed by atoms with Gasteiger partial charge in [0.15, 0.2) is 0 Å². The molecule has 0 amide bonds. The van der Waals surface area contributed by atoms with Crippen molar-refractivity contribution in [1.29, 1.82) is 0 Å². The van der Waals surface area contributed by atoms with E-state index in [1.165, 1.54) is 0 Å². The summed E-state index contributed by atoms with van der Waals surface area (Å²) in [5, 5.41) is 14.9. The van der Waals surface area contributed by atoms with E-state index in [2.05, 4.69) is 38.2 Å². The molecular formula is C12H27N3O. The Labute approximate surface area is 99.3 Å². The molecule has 0 aliphatic rings. The highest BCUT2D eigenvalue weighted by atomic mass is 16.4.